The van der Waals surface area contributed by atoms with Crippen LogP contribution in [0.15, 0.2) is 78.3 Å². The zero-order valence-electron chi connectivity index (χ0n) is 25.6. The number of carbonyl (C=O) groups excluding carboxylic acids is 2. The van der Waals surface area contributed by atoms with Crippen LogP contribution in [0.4, 0.5) is 18.9 Å². The van der Waals surface area contributed by atoms with Gasteiger partial charge in [-0.2, -0.15) is 13.2 Å². The lowest BCUT2D eigenvalue weighted by Gasteiger charge is -2.38. The minimum atomic E-state index is -4.41. The number of thiazole rings is 1. The summed E-state index contributed by atoms with van der Waals surface area (Å²) >= 11 is 1.50. The summed E-state index contributed by atoms with van der Waals surface area (Å²) in [5, 5.41) is 15.6. The maximum atomic E-state index is 13.8. The predicted octanol–water partition coefficient (Wildman–Crippen LogP) is 6.43. The van der Waals surface area contributed by atoms with Crippen molar-refractivity contribution in [3.63, 3.8) is 0 Å². The Morgan fingerprint density at radius 3 is 2.50 bits per heavy atom. The van der Waals surface area contributed by atoms with Gasteiger partial charge in [-0.15, -0.1) is 11.3 Å². The Kier molecular flexibility index (Phi) is 10.1. The van der Waals surface area contributed by atoms with Crippen molar-refractivity contribution in [3.05, 3.63) is 101 Å². The molecule has 2 heterocycles. The number of nitrogens with zero attached hydrogens (tertiary/aromatic N) is 3. The molecule has 2 amide bonds. The molecule has 12 heteroatoms. The van der Waals surface area contributed by atoms with Gasteiger partial charge in [-0.05, 0) is 55.9 Å². The number of ether oxygens (including phenoxy) is 1. The third-order valence-electron chi connectivity index (χ3n) is 7.99. The van der Waals surface area contributed by atoms with Crippen LogP contribution in [0.25, 0.3) is 10.6 Å². The number of alkyl halides is 3. The topological polar surface area (TPSA) is 95.0 Å². The van der Waals surface area contributed by atoms with Crippen molar-refractivity contribution in [2.45, 2.75) is 38.7 Å². The van der Waals surface area contributed by atoms with Gasteiger partial charge < -0.3 is 20.1 Å². The van der Waals surface area contributed by atoms with Crippen molar-refractivity contribution < 1.29 is 32.6 Å². The number of hydrogen-bond donors (Lipinski definition) is 2. The van der Waals surface area contributed by atoms with E-state index in [2.05, 4.69) is 10.3 Å². The lowest BCUT2D eigenvalue weighted by Crippen LogP contribution is -2.49. The number of hydrogen-bond acceptors (Lipinski definition) is 7. The zero-order chi connectivity index (χ0) is 33.0. The Morgan fingerprint density at radius 2 is 1.87 bits per heavy atom. The van der Waals surface area contributed by atoms with Gasteiger partial charge in [-0.25, -0.2) is 4.98 Å². The number of amides is 2. The van der Waals surface area contributed by atoms with Crippen LogP contribution in [0.3, 0.4) is 0 Å². The number of likely N-dealkylation sites (N-methyl/N-ethyl adjacent to an activating group) is 1. The molecular weight excluding hydrogens is 617 g/mol. The zero-order valence-corrected chi connectivity index (χ0v) is 26.4. The number of fused-ring (bicyclic) bond motifs is 1. The predicted molar refractivity (Wildman–Crippen MR) is 171 cm³/mol. The van der Waals surface area contributed by atoms with E-state index in [0.717, 1.165) is 22.7 Å². The summed E-state index contributed by atoms with van der Waals surface area (Å²) in [5.74, 6) is -0.705. The molecule has 1 aliphatic heterocycles. The van der Waals surface area contributed by atoms with Crippen molar-refractivity contribution in [1.29, 1.82) is 0 Å². The molecular formula is C34H35F3N4O4S. The molecule has 0 radical (unpaired) electrons. The monoisotopic (exact) mass is 652 g/mol. The fourth-order valence-corrected chi connectivity index (χ4v) is 6.01. The number of halogens is 3. The molecule has 2 N–H and O–H groups in total. The first kappa shape index (κ1) is 33.1. The van der Waals surface area contributed by atoms with Crippen LogP contribution in [0.5, 0.6) is 5.75 Å². The maximum Gasteiger partial charge on any atom is 0.416 e. The molecule has 4 aromatic rings. The molecule has 0 saturated carbocycles. The van der Waals surface area contributed by atoms with E-state index >= 15 is 0 Å². The summed E-state index contributed by atoms with van der Waals surface area (Å²) in [6.45, 7) is 4.51. The van der Waals surface area contributed by atoms with Gasteiger partial charge in [0.05, 0.1) is 29.5 Å². The van der Waals surface area contributed by atoms with Crippen LogP contribution < -0.4 is 10.1 Å². The molecule has 0 saturated heterocycles. The third-order valence-corrected chi connectivity index (χ3v) is 8.81. The average molecular weight is 653 g/mol. The summed E-state index contributed by atoms with van der Waals surface area (Å²) in [6, 6.07) is 16.6. The molecule has 1 aromatic heterocycles. The lowest BCUT2D eigenvalue weighted by atomic mass is 9.98. The summed E-state index contributed by atoms with van der Waals surface area (Å²) < 4.78 is 45.7. The molecule has 8 nitrogen and oxygen atoms in total. The van der Waals surface area contributed by atoms with Gasteiger partial charge in [-0.1, -0.05) is 37.3 Å². The Balaban J connectivity index is 1.40. The second kappa shape index (κ2) is 14.0. The Hall–Kier alpha value is -4.26. The van der Waals surface area contributed by atoms with Gasteiger partial charge in [0.2, 0.25) is 0 Å². The van der Waals surface area contributed by atoms with E-state index in [0.29, 0.717) is 36.4 Å². The van der Waals surface area contributed by atoms with Gasteiger partial charge >= 0.3 is 6.18 Å². The summed E-state index contributed by atoms with van der Waals surface area (Å²) in [6.07, 6.45) is -3.17. The summed E-state index contributed by atoms with van der Waals surface area (Å²) in [5.41, 5.74) is 1.86. The number of para-hydroxylation sites is 1. The van der Waals surface area contributed by atoms with Crippen molar-refractivity contribution in [3.8, 4) is 16.3 Å². The van der Waals surface area contributed by atoms with E-state index in [4.69, 9.17) is 4.74 Å². The van der Waals surface area contributed by atoms with E-state index in [-0.39, 0.29) is 35.7 Å². The van der Waals surface area contributed by atoms with Crippen LogP contribution in [0.1, 0.15) is 45.7 Å². The first-order valence-corrected chi connectivity index (χ1v) is 15.7. The number of carbonyl (C=O) groups is 2. The van der Waals surface area contributed by atoms with Crippen molar-refractivity contribution in [2.75, 3.05) is 32.1 Å². The third kappa shape index (κ3) is 7.57. The maximum absolute atomic E-state index is 13.8. The normalized spacial score (nSPS) is 17.6. The van der Waals surface area contributed by atoms with E-state index in [1.54, 1.807) is 48.4 Å². The smallest absolute Gasteiger partial charge is 0.416 e. The Labute approximate surface area is 269 Å². The van der Waals surface area contributed by atoms with Gasteiger partial charge in [-0.3, -0.25) is 14.5 Å². The van der Waals surface area contributed by atoms with Gasteiger partial charge in [0.1, 0.15) is 11.1 Å². The number of rotatable bonds is 9. The first-order valence-electron chi connectivity index (χ1n) is 14.8. The van der Waals surface area contributed by atoms with Crippen LogP contribution in [0, 0.1) is 5.92 Å². The number of aliphatic hydroxyl groups is 1. The molecule has 0 aliphatic carbocycles. The fraction of sp³-hybridized carbons (Fsp3) is 0.324. The Morgan fingerprint density at radius 1 is 1.15 bits per heavy atom. The molecule has 3 aromatic carbocycles. The van der Waals surface area contributed by atoms with Crippen LogP contribution in [-0.4, -0.2) is 70.6 Å². The number of nitrogens with one attached hydrogen (secondary N) is 1. The van der Waals surface area contributed by atoms with E-state index in [1.165, 1.54) is 23.5 Å². The molecule has 3 atom stereocenters. The molecule has 0 spiro atoms. The summed E-state index contributed by atoms with van der Waals surface area (Å²) in [7, 11) is 1.84. The minimum Gasteiger partial charge on any atom is -0.486 e. The minimum absolute atomic E-state index is 0.205. The lowest BCUT2D eigenvalue weighted by molar-refractivity contribution is -0.137. The van der Waals surface area contributed by atoms with Crippen molar-refractivity contribution in [2.24, 2.45) is 5.92 Å². The van der Waals surface area contributed by atoms with Crippen molar-refractivity contribution in [1.82, 2.24) is 14.8 Å². The molecule has 0 fully saturated rings. The van der Waals surface area contributed by atoms with Gasteiger partial charge in [0, 0.05) is 48.3 Å². The molecule has 0 bridgehead atoms. The fourth-order valence-electron chi connectivity index (χ4n) is 5.37. The Bertz CT molecular complexity index is 1650. The van der Waals surface area contributed by atoms with E-state index < -0.39 is 23.9 Å². The molecule has 1 aliphatic rings. The first-order chi connectivity index (χ1) is 21.9. The number of anilines is 1. The van der Waals surface area contributed by atoms with Crippen molar-refractivity contribution >= 4 is 28.8 Å². The highest BCUT2D eigenvalue weighted by molar-refractivity contribution is 7.13. The highest BCUT2D eigenvalue weighted by Gasteiger charge is 2.35. The molecule has 242 valence electrons. The second-order valence-corrected chi connectivity index (χ2v) is 12.5. The largest absolute Gasteiger partial charge is 0.486 e. The van der Waals surface area contributed by atoms with Gasteiger partial charge in [0.25, 0.3) is 11.8 Å². The SMILES string of the molecule is C[C@H](CO)N1C[C@H](C)[C@H](CN(C)Cc2ccc(C(F)(F)F)cc2)Oc2c(NC(=O)c3ccc(-c4nccs4)cc3)cccc2C1=O. The number of aromatic nitrogens is 1. The number of aliphatic hydroxyl groups excluding tert-OH is 1. The summed E-state index contributed by atoms with van der Waals surface area (Å²) in [4.78, 5) is 35.0. The van der Waals surface area contributed by atoms with E-state index in [9.17, 15) is 27.9 Å². The highest BCUT2D eigenvalue weighted by atomic mass is 32.1. The molecule has 46 heavy (non-hydrogen) atoms. The van der Waals surface area contributed by atoms with Gasteiger partial charge in [0.15, 0.2) is 5.75 Å². The standard InChI is InChI=1S/C34H35F3N4O4S/c1-21-17-41(22(2)20-42)33(44)27-5-4-6-28(39-31(43)24-9-11-25(12-10-24)32-38-15-16-46-32)30(27)45-29(21)19-40(3)18-23-7-13-26(14-8-23)34(35,36)37/h4-16,21-22,29,42H,17-20H2,1-3H3,(H,39,43)/t21-,22+,29-/m0/s1. The molecule has 5 rings (SSSR count). The number of benzene rings is 3. The van der Waals surface area contributed by atoms with Crippen LogP contribution >= 0.6 is 11.3 Å². The van der Waals surface area contributed by atoms with Crippen LogP contribution in [0.2, 0.25) is 0 Å². The average Bonchev–Trinajstić information content (AvgIpc) is 3.58. The highest BCUT2D eigenvalue weighted by Crippen LogP contribution is 2.36. The second-order valence-electron chi connectivity index (χ2n) is 11.6. The molecule has 0 unspecified atom stereocenters. The quantitative estimate of drug-likeness (QED) is 0.216. The van der Waals surface area contributed by atoms with Crippen LogP contribution in [-0.2, 0) is 12.7 Å². The van der Waals surface area contributed by atoms with E-state index in [1.807, 2.05) is 36.4 Å².